The van der Waals surface area contributed by atoms with Crippen molar-refractivity contribution in [3.05, 3.63) is 64.1 Å². The van der Waals surface area contributed by atoms with Gasteiger partial charge in [-0.3, -0.25) is 9.48 Å². The van der Waals surface area contributed by atoms with Crippen LogP contribution >= 0.6 is 0 Å². The van der Waals surface area contributed by atoms with Crippen LogP contribution in [-0.2, 0) is 19.5 Å². The van der Waals surface area contributed by atoms with E-state index in [4.69, 9.17) is 5.73 Å². The molecule has 1 aromatic carbocycles. The molecule has 30 heavy (non-hydrogen) atoms. The second-order valence-electron chi connectivity index (χ2n) is 7.49. The first-order chi connectivity index (χ1) is 14.5. The molecule has 2 N–H and O–H groups in total. The van der Waals surface area contributed by atoms with Crippen LogP contribution in [-0.4, -0.2) is 32.1 Å². The van der Waals surface area contributed by atoms with Crippen LogP contribution in [0, 0.1) is 25.2 Å². The molecule has 0 spiro atoms. The number of amides is 1. The zero-order chi connectivity index (χ0) is 21.4. The highest BCUT2D eigenvalue weighted by Gasteiger charge is 2.30. The van der Waals surface area contributed by atoms with Gasteiger partial charge in [-0.2, -0.15) is 10.4 Å². The number of anilines is 1. The van der Waals surface area contributed by atoms with Crippen LogP contribution in [0.25, 0.3) is 11.1 Å². The monoisotopic (exact) mass is 400 g/mol. The number of carbonyl (C=O) groups is 1. The number of nitriles is 1. The van der Waals surface area contributed by atoms with E-state index in [0.29, 0.717) is 30.6 Å². The number of nitrogens with two attached hydrogens (primary N) is 1. The molecule has 0 aliphatic carbocycles. The summed E-state index contributed by atoms with van der Waals surface area (Å²) in [6, 6.07) is 11.5. The molecular formula is C23H24N6O. The number of carbonyl (C=O) groups excluding carboxylic acids is 1. The standard InChI is InChI=1S/C23H24N6O/c1-4-29-15(3)20(14(2)27-29)21-17(12-24)22(25)26-19-10-11-28(13-18(19)21)23(30)16-8-6-5-7-9-16/h5-9H,4,10-11,13H2,1-3H3,(H2,25,26). The smallest absolute Gasteiger partial charge is 0.254 e. The van der Waals surface area contributed by atoms with Crippen molar-refractivity contribution in [3.8, 4) is 17.2 Å². The molecule has 1 amide bonds. The third-order valence-electron chi connectivity index (χ3n) is 5.73. The summed E-state index contributed by atoms with van der Waals surface area (Å²) in [5, 5.41) is 14.5. The van der Waals surface area contributed by atoms with Gasteiger partial charge < -0.3 is 10.6 Å². The first-order valence-electron chi connectivity index (χ1n) is 10.1. The van der Waals surface area contributed by atoms with Crippen molar-refractivity contribution in [1.82, 2.24) is 19.7 Å². The van der Waals surface area contributed by atoms with E-state index in [1.807, 2.05) is 60.7 Å². The number of nitrogens with zero attached hydrogens (tertiary/aromatic N) is 5. The number of hydrogen-bond donors (Lipinski definition) is 1. The summed E-state index contributed by atoms with van der Waals surface area (Å²) in [6.45, 7) is 7.65. The van der Waals surface area contributed by atoms with Crippen LogP contribution in [0.4, 0.5) is 5.82 Å². The minimum Gasteiger partial charge on any atom is -0.383 e. The van der Waals surface area contributed by atoms with Gasteiger partial charge in [0.1, 0.15) is 17.5 Å². The highest BCUT2D eigenvalue weighted by molar-refractivity contribution is 5.94. The van der Waals surface area contributed by atoms with Gasteiger partial charge in [-0.15, -0.1) is 0 Å². The average Bonchev–Trinajstić information content (AvgIpc) is 3.05. The van der Waals surface area contributed by atoms with Crippen molar-refractivity contribution in [1.29, 1.82) is 5.26 Å². The van der Waals surface area contributed by atoms with E-state index in [2.05, 4.69) is 16.2 Å². The quantitative estimate of drug-likeness (QED) is 0.727. The second kappa shape index (κ2) is 7.64. The van der Waals surface area contributed by atoms with Gasteiger partial charge in [-0.25, -0.2) is 4.98 Å². The topological polar surface area (TPSA) is 101 Å². The molecule has 3 heterocycles. The Balaban J connectivity index is 1.87. The van der Waals surface area contributed by atoms with Gasteiger partial charge in [0.25, 0.3) is 5.91 Å². The van der Waals surface area contributed by atoms with Crippen LogP contribution in [0.3, 0.4) is 0 Å². The number of nitrogen functional groups attached to an aromatic ring is 1. The summed E-state index contributed by atoms with van der Waals surface area (Å²) in [5.41, 5.74) is 12.4. The predicted molar refractivity (Wildman–Crippen MR) is 115 cm³/mol. The third-order valence-corrected chi connectivity index (χ3v) is 5.73. The van der Waals surface area contributed by atoms with Crippen molar-refractivity contribution in [2.45, 2.75) is 40.3 Å². The number of benzene rings is 1. The van der Waals surface area contributed by atoms with Crippen molar-refractivity contribution < 1.29 is 4.79 Å². The Kier molecular flexibility index (Phi) is 5.00. The number of fused-ring (bicyclic) bond motifs is 1. The first-order valence-corrected chi connectivity index (χ1v) is 10.1. The Hall–Kier alpha value is -3.66. The minimum atomic E-state index is -0.0276. The van der Waals surface area contributed by atoms with Gasteiger partial charge in [0.15, 0.2) is 0 Å². The molecule has 0 unspecified atom stereocenters. The lowest BCUT2D eigenvalue weighted by Crippen LogP contribution is -2.37. The second-order valence-corrected chi connectivity index (χ2v) is 7.49. The number of hydrogen-bond acceptors (Lipinski definition) is 5. The lowest BCUT2D eigenvalue weighted by atomic mass is 9.90. The van der Waals surface area contributed by atoms with Gasteiger partial charge in [0.05, 0.1) is 11.4 Å². The van der Waals surface area contributed by atoms with E-state index in [-0.39, 0.29) is 11.7 Å². The molecule has 152 valence electrons. The van der Waals surface area contributed by atoms with Crippen molar-refractivity contribution in [2.75, 3.05) is 12.3 Å². The molecule has 4 rings (SSSR count). The molecular weight excluding hydrogens is 376 g/mol. The molecule has 0 radical (unpaired) electrons. The Morgan fingerprint density at radius 3 is 2.60 bits per heavy atom. The fourth-order valence-electron chi connectivity index (χ4n) is 4.27. The number of aryl methyl sites for hydroxylation is 2. The maximum Gasteiger partial charge on any atom is 0.254 e. The molecule has 0 saturated carbocycles. The van der Waals surface area contributed by atoms with Gasteiger partial charge in [0, 0.05) is 54.0 Å². The van der Waals surface area contributed by atoms with Gasteiger partial charge in [-0.1, -0.05) is 18.2 Å². The molecule has 0 atom stereocenters. The molecule has 2 aromatic heterocycles. The number of aromatic nitrogens is 3. The highest BCUT2D eigenvalue weighted by atomic mass is 16.2. The van der Waals surface area contributed by atoms with Crippen molar-refractivity contribution in [3.63, 3.8) is 0 Å². The molecule has 3 aromatic rings. The minimum absolute atomic E-state index is 0.0276. The van der Waals surface area contributed by atoms with E-state index < -0.39 is 0 Å². The summed E-state index contributed by atoms with van der Waals surface area (Å²) in [6.07, 6.45) is 0.594. The maximum absolute atomic E-state index is 13.1. The Bertz CT molecular complexity index is 1170. The van der Waals surface area contributed by atoms with E-state index in [0.717, 1.165) is 40.3 Å². The molecule has 7 nitrogen and oxygen atoms in total. The van der Waals surface area contributed by atoms with Crippen LogP contribution in [0.15, 0.2) is 30.3 Å². The number of pyridine rings is 1. The van der Waals surface area contributed by atoms with E-state index >= 15 is 0 Å². The number of rotatable bonds is 3. The average molecular weight is 400 g/mol. The van der Waals surface area contributed by atoms with Crippen LogP contribution in [0.5, 0.6) is 0 Å². The maximum atomic E-state index is 13.1. The van der Waals surface area contributed by atoms with Crippen LogP contribution in [0.1, 0.15) is 45.5 Å². The van der Waals surface area contributed by atoms with Crippen LogP contribution < -0.4 is 5.73 Å². The van der Waals surface area contributed by atoms with E-state index in [9.17, 15) is 10.1 Å². The highest BCUT2D eigenvalue weighted by Crippen LogP contribution is 2.38. The van der Waals surface area contributed by atoms with Crippen molar-refractivity contribution in [2.24, 2.45) is 0 Å². The fraction of sp³-hybridized carbons (Fsp3) is 0.304. The molecule has 0 fully saturated rings. The Morgan fingerprint density at radius 2 is 1.97 bits per heavy atom. The largest absolute Gasteiger partial charge is 0.383 e. The van der Waals surface area contributed by atoms with E-state index in [1.54, 1.807) is 0 Å². The summed E-state index contributed by atoms with van der Waals surface area (Å²) < 4.78 is 1.92. The summed E-state index contributed by atoms with van der Waals surface area (Å²) in [4.78, 5) is 19.4. The third kappa shape index (κ3) is 3.11. The summed E-state index contributed by atoms with van der Waals surface area (Å²) in [7, 11) is 0. The predicted octanol–water partition coefficient (Wildman–Crippen LogP) is 3.23. The lowest BCUT2D eigenvalue weighted by molar-refractivity contribution is 0.0734. The fourth-order valence-corrected chi connectivity index (χ4v) is 4.27. The van der Waals surface area contributed by atoms with E-state index in [1.165, 1.54) is 0 Å². The zero-order valence-electron chi connectivity index (χ0n) is 17.4. The SMILES string of the molecule is CCn1nc(C)c(-c2c(C#N)c(N)nc3c2CN(C(=O)c2ccccc2)CC3)c1C. The lowest BCUT2D eigenvalue weighted by Gasteiger charge is -2.30. The molecule has 0 saturated heterocycles. The molecule has 0 bridgehead atoms. The zero-order valence-corrected chi connectivity index (χ0v) is 17.4. The molecule has 1 aliphatic rings. The van der Waals surface area contributed by atoms with Gasteiger partial charge >= 0.3 is 0 Å². The molecule has 1 aliphatic heterocycles. The summed E-state index contributed by atoms with van der Waals surface area (Å²) in [5.74, 6) is 0.206. The Labute approximate surface area is 175 Å². The van der Waals surface area contributed by atoms with Crippen LogP contribution in [0.2, 0.25) is 0 Å². The molecule has 7 heteroatoms. The van der Waals surface area contributed by atoms with Gasteiger partial charge in [0.2, 0.25) is 0 Å². The summed E-state index contributed by atoms with van der Waals surface area (Å²) >= 11 is 0. The normalized spacial score (nSPS) is 13.1. The first kappa shape index (κ1) is 19.6. The van der Waals surface area contributed by atoms with Gasteiger partial charge in [-0.05, 0) is 32.9 Å². The van der Waals surface area contributed by atoms with Crippen molar-refractivity contribution >= 4 is 11.7 Å². The Morgan fingerprint density at radius 1 is 1.23 bits per heavy atom.